The largest absolute Gasteiger partial charge is 0.416 e. The van der Waals surface area contributed by atoms with Crippen LogP contribution in [-0.2, 0) is 23.5 Å². The molecule has 2 N–H and O–H groups in total. The Morgan fingerprint density at radius 2 is 1.50 bits per heavy atom. The zero-order valence-electron chi connectivity index (χ0n) is 24.8. The van der Waals surface area contributed by atoms with Crippen LogP contribution in [0, 0.1) is 0 Å². The maximum atomic E-state index is 13.7. The predicted molar refractivity (Wildman–Crippen MR) is 169 cm³/mol. The van der Waals surface area contributed by atoms with Crippen molar-refractivity contribution in [2.24, 2.45) is 5.73 Å². The summed E-state index contributed by atoms with van der Waals surface area (Å²) in [5, 5.41) is 2.02. The maximum Gasteiger partial charge on any atom is 0.416 e. The van der Waals surface area contributed by atoms with E-state index < -0.39 is 41.0 Å². The lowest BCUT2D eigenvalue weighted by molar-refractivity contribution is -0.143. The van der Waals surface area contributed by atoms with Crippen LogP contribution in [0.1, 0.15) is 27.0 Å². The molecule has 0 radical (unpaired) electrons. The molecule has 2 fully saturated rings. The fraction of sp³-hybridized carbons (Fsp3) is 0.406. The third-order valence-corrected chi connectivity index (χ3v) is 8.11. The molecule has 5 rings (SSSR count). The van der Waals surface area contributed by atoms with E-state index in [0.717, 1.165) is 29.4 Å². The van der Waals surface area contributed by atoms with Crippen molar-refractivity contribution in [2.45, 2.75) is 31.0 Å². The fourth-order valence-electron chi connectivity index (χ4n) is 5.76. The summed E-state index contributed by atoms with van der Waals surface area (Å²) in [6.45, 7) is 4.11. The molecule has 14 heteroatoms. The van der Waals surface area contributed by atoms with Gasteiger partial charge in [-0.2, -0.15) is 26.3 Å². The number of halogens is 8. The molecule has 1 amide bonds. The monoisotopic (exact) mass is 692 g/mol. The van der Waals surface area contributed by atoms with Crippen LogP contribution in [0.5, 0.6) is 0 Å². The van der Waals surface area contributed by atoms with Gasteiger partial charge >= 0.3 is 12.4 Å². The highest BCUT2D eigenvalue weighted by atomic mass is 35.5. The van der Waals surface area contributed by atoms with Crippen LogP contribution in [0.15, 0.2) is 72.8 Å². The third-order valence-electron chi connectivity index (χ3n) is 8.11. The molecule has 0 aliphatic carbocycles. The Kier molecular flexibility index (Phi) is 12.9. The van der Waals surface area contributed by atoms with E-state index in [2.05, 4.69) is 9.80 Å². The highest BCUT2D eigenvalue weighted by molar-refractivity contribution is 5.95. The first-order valence-electron chi connectivity index (χ1n) is 14.4. The Bertz CT molecular complexity index is 1470. The molecule has 2 aliphatic rings. The number of carbonyl (C=O) groups is 1. The van der Waals surface area contributed by atoms with E-state index in [1.165, 1.54) is 4.90 Å². The minimum atomic E-state index is -5.05. The zero-order chi connectivity index (χ0) is 31.5. The number of fused-ring (bicyclic) bond motifs is 1. The average Bonchev–Trinajstić information content (AvgIpc) is 3.00. The normalized spacial score (nSPS) is 19.1. The quantitative estimate of drug-likeness (QED) is 0.234. The number of hydrogen-bond donors (Lipinski definition) is 1. The second-order valence-electron chi connectivity index (χ2n) is 11.2. The predicted octanol–water partition coefficient (Wildman–Crippen LogP) is 6.26. The van der Waals surface area contributed by atoms with E-state index in [1.54, 1.807) is 0 Å². The van der Waals surface area contributed by atoms with Gasteiger partial charge < -0.3 is 15.4 Å². The minimum Gasteiger partial charge on any atom is -0.379 e. The summed E-state index contributed by atoms with van der Waals surface area (Å²) >= 11 is 0. The van der Waals surface area contributed by atoms with Crippen LogP contribution in [0.4, 0.5) is 26.3 Å². The number of nitrogens with two attached hydrogens (primary N) is 1. The van der Waals surface area contributed by atoms with Gasteiger partial charge in [-0.1, -0.05) is 54.6 Å². The molecule has 0 spiro atoms. The van der Waals surface area contributed by atoms with Gasteiger partial charge in [0.25, 0.3) is 5.91 Å². The summed E-state index contributed by atoms with van der Waals surface area (Å²) in [4.78, 5) is 19.3. The zero-order valence-corrected chi connectivity index (χ0v) is 26.4. The lowest BCUT2D eigenvalue weighted by Crippen LogP contribution is -2.56. The van der Waals surface area contributed by atoms with Crippen LogP contribution in [0.25, 0.3) is 10.8 Å². The Morgan fingerprint density at radius 3 is 2.13 bits per heavy atom. The Hall–Kier alpha value is -2.87. The van der Waals surface area contributed by atoms with Crippen molar-refractivity contribution in [3.05, 3.63) is 95.1 Å². The first kappa shape index (κ1) is 37.6. The van der Waals surface area contributed by atoms with Crippen molar-refractivity contribution >= 4 is 41.5 Å². The van der Waals surface area contributed by atoms with Gasteiger partial charge in [-0.25, -0.2) is 0 Å². The summed E-state index contributed by atoms with van der Waals surface area (Å²) in [6.07, 6.45) is -6.15. The highest BCUT2D eigenvalue weighted by Crippen LogP contribution is 2.37. The van der Waals surface area contributed by atoms with Gasteiger partial charge in [0.05, 0.1) is 30.5 Å². The van der Waals surface area contributed by atoms with Gasteiger partial charge in [0.15, 0.2) is 0 Å². The van der Waals surface area contributed by atoms with Crippen molar-refractivity contribution in [1.82, 2.24) is 14.7 Å². The van der Waals surface area contributed by atoms with Crippen molar-refractivity contribution in [1.29, 1.82) is 0 Å². The standard InChI is InChI=1S/C32H34F6N4O2.2ClH/c33-31(34,35)26-18-25(19-27(20-26)32(36,37)38)30(43)42-11-10-40(9-3-6-29(39)41-12-14-44-15-13-41)21-28(42)17-22-7-8-23-4-1-2-5-24(23)16-22;;/h1-8,16,18-20,28-29H,9-15,17,21,39H2;2*1H/b6-3+;;/t28-,29?;;/m1../s1. The van der Waals surface area contributed by atoms with Gasteiger partial charge in [0, 0.05) is 50.9 Å². The molecular weight excluding hydrogens is 657 g/mol. The number of morpholine rings is 1. The molecule has 0 bridgehead atoms. The second kappa shape index (κ2) is 15.8. The Labute approximate surface area is 276 Å². The van der Waals surface area contributed by atoms with E-state index in [9.17, 15) is 31.1 Å². The Balaban J connectivity index is 0.00000288. The van der Waals surface area contributed by atoms with E-state index in [-0.39, 0.29) is 43.6 Å². The van der Waals surface area contributed by atoms with Gasteiger partial charge in [-0.3, -0.25) is 14.6 Å². The van der Waals surface area contributed by atoms with Crippen LogP contribution >= 0.6 is 24.8 Å². The number of ether oxygens (including phenoxy) is 1. The Morgan fingerprint density at radius 1 is 0.870 bits per heavy atom. The molecule has 3 aromatic rings. The van der Waals surface area contributed by atoms with Crippen LogP contribution in [0.2, 0.25) is 0 Å². The van der Waals surface area contributed by atoms with Crippen molar-refractivity contribution in [3.8, 4) is 0 Å². The van der Waals surface area contributed by atoms with Crippen molar-refractivity contribution in [3.63, 3.8) is 0 Å². The number of alkyl halides is 6. The smallest absolute Gasteiger partial charge is 0.379 e. The number of hydrogen-bond acceptors (Lipinski definition) is 5. The SMILES string of the molecule is Cl.Cl.NC(/C=C/CN1CCN(C(=O)c2cc(C(F)(F)F)cc(C(F)(F)F)c2)[C@H](Cc2ccc3ccccc3c2)C1)N1CCOCC1. The minimum absolute atomic E-state index is 0. The van der Waals surface area contributed by atoms with E-state index >= 15 is 0 Å². The summed E-state index contributed by atoms with van der Waals surface area (Å²) in [6, 6.07) is 14.2. The first-order valence-corrected chi connectivity index (χ1v) is 14.4. The van der Waals surface area contributed by atoms with E-state index in [1.807, 2.05) is 54.6 Å². The van der Waals surface area contributed by atoms with Crippen LogP contribution in [-0.4, -0.2) is 85.3 Å². The van der Waals surface area contributed by atoms with E-state index in [4.69, 9.17) is 10.5 Å². The molecule has 2 heterocycles. The molecule has 0 aromatic heterocycles. The summed E-state index contributed by atoms with van der Waals surface area (Å²) in [7, 11) is 0. The van der Waals surface area contributed by atoms with Crippen molar-refractivity contribution in [2.75, 3.05) is 52.5 Å². The number of amides is 1. The molecule has 252 valence electrons. The second-order valence-corrected chi connectivity index (χ2v) is 11.2. The van der Waals surface area contributed by atoms with Crippen molar-refractivity contribution < 1.29 is 35.9 Å². The lowest BCUT2D eigenvalue weighted by Gasteiger charge is -2.41. The first-order chi connectivity index (χ1) is 20.9. The summed E-state index contributed by atoms with van der Waals surface area (Å²) in [5.41, 5.74) is 3.54. The highest BCUT2D eigenvalue weighted by Gasteiger charge is 2.39. The number of rotatable bonds is 7. The number of nitrogens with zero attached hydrogens (tertiary/aromatic N) is 3. The van der Waals surface area contributed by atoms with Gasteiger partial charge in [0.1, 0.15) is 0 Å². The maximum absolute atomic E-state index is 13.7. The number of piperazine rings is 1. The molecule has 0 saturated carbocycles. The van der Waals surface area contributed by atoms with Gasteiger partial charge in [0.2, 0.25) is 0 Å². The molecule has 2 atom stereocenters. The van der Waals surface area contributed by atoms with Crippen LogP contribution in [0.3, 0.4) is 0 Å². The number of benzene rings is 3. The topological polar surface area (TPSA) is 62.0 Å². The summed E-state index contributed by atoms with van der Waals surface area (Å²) in [5.74, 6) is -0.864. The van der Waals surface area contributed by atoms with E-state index in [0.29, 0.717) is 51.4 Å². The molecule has 6 nitrogen and oxygen atoms in total. The van der Waals surface area contributed by atoms with Crippen LogP contribution < -0.4 is 5.73 Å². The molecular formula is C32H36Cl2F6N4O2. The molecule has 1 unspecified atom stereocenters. The third kappa shape index (κ3) is 9.36. The fourth-order valence-corrected chi connectivity index (χ4v) is 5.76. The molecule has 46 heavy (non-hydrogen) atoms. The summed E-state index contributed by atoms with van der Waals surface area (Å²) < 4.78 is 86.7. The average molecular weight is 694 g/mol. The number of carbonyl (C=O) groups excluding carboxylic acids is 1. The van der Waals surface area contributed by atoms with Gasteiger partial charge in [-0.15, -0.1) is 24.8 Å². The lowest BCUT2D eigenvalue weighted by atomic mass is 9.97. The molecule has 2 aliphatic heterocycles. The molecule has 2 saturated heterocycles. The van der Waals surface area contributed by atoms with Gasteiger partial charge in [-0.05, 0) is 41.0 Å². The molecule has 3 aromatic carbocycles.